The van der Waals surface area contributed by atoms with Gasteiger partial charge in [0, 0.05) is 5.02 Å². The molecule has 3 rings (SSSR count). The predicted octanol–water partition coefficient (Wildman–Crippen LogP) is 4.28. The molecule has 0 fully saturated rings. The van der Waals surface area contributed by atoms with E-state index < -0.39 is 11.9 Å². The monoisotopic (exact) mass is 353 g/mol. The number of carbonyl (C=O) groups is 1. The molecule has 6 heteroatoms. The predicted molar refractivity (Wildman–Crippen MR) is 97.8 cm³/mol. The lowest BCUT2D eigenvalue weighted by Crippen LogP contribution is -2.14. The topological polar surface area (TPSA) is 68.0 Å². The van der Waals surface area contributed by atoms with Crippen molar-refractivity contribution in [1.82, 2.24) is 14.8 Å². The highest BCUT2D eigenvalue weighted by Gasteiger charge is 2.22. The number of halogens is 1. The van der Waals surface area contributed by atoms with Gasteiger partial charge in [0.15, 0.2) is 5.82 Å². The van der Waals surface area contributed by atoms with Crippen LogP contribution in [0.4, 0.5) is 0 Å². The third-order valence-electron chi connectivity index (χ3n) is 3.70. The number of aromatic nitrogens is 3. The molecule has 0 aliphatic heterocycles. The molecule has 0 aliphatic rings. The third kappa shape index (κ3) is 3.95. The quantitative estimate of drug-likeness (QED) is 0.743. The van der Waals surface area contributed by atoms with E-state index in [1.54, 1.807) is 29.8 Å². The molecule has 0 saturated carbocycles. The van der Waals surface area contributed by atoms with E-state index in [1.807, 2.05) is 48.5 Å². The van der Waals surface area contributed by atoms with Crippen LogP contribution in [0.3, 0.4) is 0 Å². The van der Waals surface area contributed by atoms with Gasteiger partial charge in [-0.2, -0.15) is 0 Å². The first kappa shape index (κ1) is 16.9. The van der Waals surface area contributed by atoms with Gasteiger partial charge in [0.2, 0.25) is 0 Å². The highest BCUT2D eigenvalue weighted by Crippen LogP contribution is 2.19. The molecule has 25 heavy (non-hydrogen) atoms. The molecule has 1 heterocycles. The lowest BCUT2D eigenvalue weighted by atomic mass is 10.1. The van der Waals surface area contributed by atoms with Gasteiger partial charge in [0.1, 0.15) is 11.7 Å². The standard InChI is InChI=1S/C19H16ClN3O2/c1-13(19(24)25)18-21-17(12-9-14-7-10-15(20)11-8-14)22-23(18)16-5-3-2-4-6-16/h2-13H,1H3,(H,24,25). The van der Waals surface area contributed by atoms with Crippen molar-refractivity contribution < 1.29 is 9.90 Å². The van der Waals surface area contributed by atoms with Crippen molar-refractivity contribution in [1.29, 1.82) is 0 Å². The van der Waals surface area contributed by atoms with Crippen molar-refractivity contribution in [3.05, 3.63) is 76.8 Å². The Kier molecular flexibility index (Phi) is 4.95. The molecule has 0 radical (unpaired) electrons. The second-order valence-corrected chi connectivity index (χ2v) is 5.96. The molecule has 0 amide bonds. The van der Waals surface area contributed by atoms with Gasteiger partial charge in [-0.3, -0.25) is 4.79 Å². The number of carboxylic acids is 1. The fourth-order valence-corrected chi connectivity index (χ4v) is 2.43. The molecule has 0 saturated heterocycles. The lowest BCUT2D eigenvalue weighted by Gasteiger charge is -2.08. The molecular weight excluding hydrogens is 338 g/mol. The molecule has 3 aromatic rings. The van der Waals surface area contributed by atoms with Crippen molar-refractivity contribution in [3.63, 3.8) is 0 Å². The van der Waals surface area contributed by atoms with Gasteiger partial charge in [-0.1, -0.05) is 48.0 Å². The van der Waals surface area contributed by atoms with Crippen molar-refractivity contribution in [2.24, 2.45) is 0 Å². The Labute approximate surface area is 150 Å². The van der Waals surface area contributed by atoms with Crippen molar-refractivity contribution in [2.45, 2.75) is 12.8 Å². The summed E-state index contributed by atoms with van der Waals surface area (Å²) in [5.74, 6) is -0.889. The first-order chi connectivity index (χ1) is 12.0. The van der Waals surface area contributed by atoms with Crippen LogP contribution in [0.1, 0.15) is 30.1 Å². The summed E-state index contributed by atoms with van der Waals surface area (Å²) in [5, 5.41) is 14.5. The Balaban J connectivity index is 1.98. The zero-order chi connectivity index (χ0) is 17.8. The molecule has 0 bridgehead atoms. The van der Waals surface area contributed by atoms with Gasteiger partial charge in [-0.25, -0.2) is 9.67 Å². The summed E-state index contributed by atoms with van der Waals surface area (Å²) in [6.45, 7) is 1.60. The van der Waals surface area contributed by atoms with Gasteiger partial charge >= 0.3 is 5.97 Å². The Morgan fingerprint density at radius 3 is 2.44 bits per heavy atom. The second-order valence-electron chi connectivity index (χ2n) is 5.52. The number of hydrogen-bond donors (Lipinski definition) is 1. The average molecular weight is 354 g/mol. The summed E-state index contributed by atoms with van der Waals surface area (Å²) in [6.07, 6.45) is 3.61. The zero-order valence-corrected chi connectivity index (χ0v) is 14.3. The molecule has 1 aromatic heterocycles. The van der Waals surface area contributed by atoms with Gasteiger partial charge in [0.05, 0.1) is 5.69 Å². The summed E-state index contributed by atoms with van der Waals surface area (Å²) in [6, 6.07) is 16.7. The normalized spacial score (nSPS) is 12.4. The molecule has 126 valence electrons. The van der Waals surface area contributed by atoms with E-state index in [0.29, 0.717) is 16.7 Å². The first-order valence-electron chi connectivity index (χ1n) is 7.73. The van der Waals surface area contributed by atoms with Gasteiger partial charge < -0.3 is 5.11 Å². The second kappa shape index (κ2) is 7.32. The number of para-hydroxylation sites is 1. The number of aliphatic carboxylic acids is 1. The molecule has 1 atom stereocenters. The van der Waals surface area contributed by atoms with Crippen molar-refractivity contribution >= 4 is 29.7 Å². The van der Waals surface area contributed by atoms with Gasteiger partial charge in [-0.05, 0) is 42.8 Å². The average Bonchev–Trinajstić information content (AvgIpc) is 3.05. The number of nitrogens with zero attached hydrogens (tertiary/aromatic N) is 3. The van der Waals surface area contributed by atoms with Gasteiger partial charge in [0.25, 0.3) is 0 Å². The van der Waals surface area contributed by atoms with Crippen LogP contribution in [0, 0.1) is 0 Å². The lowest BCUT2D eigenvalue weighted by molar-refractivity contribution is -0.138. The maximum Gasteiger partial charge on any atom is 0.313 e. The highest BCUT2D eigenvalue weighted by molar-refractivity contribution is 6.30. The molecule has 1 N–H and O–H groups in total. The summed E-state index contributed by atoms with van der Waals surface area (Å²) >= 11 is 5.88. The Hall–Kier alpha value is -2.92. The van der Waals surface area contributed by atoms with Crippen LogP contribution >= 0.6 is 11.6 Å². The highest BCUT2D eigenvalue weighted by atomic mass is 35.5. The fourth-order valence-electron chi connectivity index (χ4n) is 2.31. The Bertz CT molecular complexity index is 902. The van der Waals surface area contributed by atoms with Crippen molar-refractivity contribution in [2.75, 3.05) is 0 Å². The van der Waals surface area contributed by atoms with E-state index in [2.05, 4.69) is 10.1 Å². The Morgan fingerprint density at radius 1 is 1.12 bits per heavy atom. The zero-order valence-electron chi connectivity index (χ0n) is 13.5. The number of carboxylic acid groups (broad SMARTS) is 1. The van der Waals surface area contributed by atoms with E-state index in [0.717, 1.165) is 11.3 Å². The summed E-state index contributed by atoms with van der Waals surface area (Å²) in [7, 11) is 0. The molecule has 0 spiro atoms. The fraction of sp³-hybridized carbons (Fsp3) is 0.105. The van der Waals surface area contributed by atoms with E-state index in [-0.39, 0.29) is 0 Å². The van der Waals surface area contributed by atoms with Crippen LogP contribution < -0.4 is 0 Å². The number of hydrogen-bond acceptors (Lipinski definition) is 3. The first-order valence-corrected chi connectivity index (χ1v) is 8.11. The molecular formula is C19H16ClN3O2. The summed E-state index contributed by atoms with van der Waals surface area (Å²) in [4.78, 5) is 15.8. The van der Waals surface area contributed by atoms with E-state index in [4.69, 9.17) is 11.6 Å². The van der Waals surface area contributed by atoms with Crippen LogP contribution in [0.2, 0.25) is 5.02 Å². The van der Waals surface area contributed by atoms with Crippen LogP contribution in [-0.2, 0) is 4.79 Å². The third-order valence-corrected chi connectivity index (χ3v) is 3.95. The molecule has 5 nitrogen and oxygen atoms in total. The minimum atomic E-state index is -0.946. The summed E-state index contributed by atoms with van der Waals surface area (Å²) < 4.78 is 1.57. The number of rotatable bonds is 5. The molecule has 2 aromatic carbocycles. The minimum absolute atomic E-state index is 0.384. The SMILES string of the molecule is CC(C(=O)O)c1nc(C=Cc2ccc(Cl)cc2)nn1-c1ccccc1. The van der Waals surface area contributed by atoms with Gasteiger partial charge in [-0.15, -0.1) is 5.10 Å². The van der Waals surface area contributed by atoms with E-state index in [1.165, 1.54) is 0 Å². The largest absolute Gasteiger partial charge is 0.481 e. The maximum atomic E-state index is 11.4. The van der Waals surface area contributed by atoms with E-state index in [9.17, 15) is 9.90 Å². The van der Waals surface area contributed by atoms with Crippen LogP contribution in [0.25, 0.3) is 17.8 Å². The Morgan fingerprint density at radius 2 is 1.80 bits per heavy atom. The van der Waals surface area contributed by atoms with Crippen LogP contribution in [0.15, 0.2) is 54.6 Å². The molecule has 0 aliphatic carbocycles. The van der Waals surface area contributed by atoms with E-state index >= 15 is 0 Å². The minimum Gasteiger partial charge on any atom is -0.481 e. The molecule has 1 unspecified atom stereocenters. The maximum absolute atomic E-state index is 11.4. The van der Waals surface area contributed by atoms with Crippen molar-refractivity contribution in [3.8, 4) is 5.69 Å². The number of benzene rings is 2. The van der Waals surface area contributed by atoms with Crippen LogP contribution in [0.5, 0.6) is 0 Å². The summed E-state index contributed by atoms with van der Waals surface area (Å²) in [5.41, 5.74) is 1.72. The smallest absolute Gasteiger partial charge is 0.313 e. The van der Waals surface area contributed by atoms with Crippen LogP contribution in [-0.4, -0.2) is 25.8 Å².